The molecule has 0 bridgehead atoms. The van der Waals surface area contributed by atoms with E-state index < -0.39 is 0 Å². The molecule has 2 heterocycles. The molecule has 0 amide bonds. The molecular formula is C15H15N3OS. The standard InChI is InChI=1S/C15H15N3OS/c1-10(16)8-11-6-7-14(17-9-11)20-15-18-12-4-2-3-5-13(12)19-15/h2-7,9-10H,8,16H2,1H3. The third kappa shape index (κ3) is 3.00. The van der Waals surface area contributed by atoms with E-state index in [0.29, 0.717) is 5.22 Å². The van der Waals surface area contributed by atoms with Crippen molar-refractivity contribution in [2.75, 3.05) is 0 Å². The number of rotatable bonds is 4. The first-order valence-corrected chi connectivity index (χ1v) is 7.26. The van der Waals surface area contributed by atoms with Crippen LogP contribution in [0.25, 0.3) is 11.1 Å². The molecule has 5 heteroatoms. The maximum atomic E-state index is 5.77. The van der Waals surface area contributed by atoms with Gasteiger partial charge in [-0.15, -0.1) is 0 Å². The molecular weight excluding hydrogens is 270 g/mol. The highest BCUT2D eigenvalue weighted by Crippen LogP contribution is 2.28. The number of hydrogen-bond acceptors (Lipinski definition) is 5. The lowest BCUT2D eigenvalue weighted by atomic mass is 10.1. The summed E-state index contributed by atoms with van der Waals surface area (Å²) in [5.41, 5.74) is 8.57. The monoisotopic (exact) mass is 285 g/mol. The zero-order valence-corrected chi connectivity index (χ0v) is 11.9. The molecule has 3 rings (SSSR count). The summed E-state index contributed by atoms with van der Waals surface area (Å²) >= 11 is 1.42. The molecule has 2 N–H and O–H groups in total. The molecule has 0 aliphatic heterocycles. The average molecular weight is 285 g/mol. The molecule has 1 aromatic carbocycles. The fourth-order valence-corrected chi connectivity index (χ4v) is 2.64. The topological polar surface area (TPSA) is 64.9 Å². The Bertz CT molecular complexity index is 673. The first-order chi connectivity index (χ1) is 9.70. The van der Waals surface area contributed by atoms with Gasteiger partial charge in [0.1, 0.15) is 10.5 Å². The van der Waals surface area contributed by atoms with Crippen molar-refractivity contribution in [3.63, 3.8) is 0 Å². The molecule has 102 valence electrons. The lowest BCUT2D eigenvalue weighted by molar-refractivity contribution is 0.489. The maximum absolute atomic E-state index is 5.77. The molecule has 0 aliphatic carbocycles. The lowest BCUT2D eigenvalue weighted by Crippen LogP contribution is -2.17. The van der Waals surface area contributed by atoms with Gasteiger partial charge in [0, 0.05) is 12.2 Å². The Morgan fingerprint density at radius 1 is 1.25 bits per heavy atom. The highest BCUT2D eigenvalue weighted by atomic mass is 32.2. The minimum Gasteiger partial charge on any atom is -0.431 e. The summed E-state index contributed by atoms with van der Waals surface area (Å²) in [7, 11) is 0. The highest BCUT2D eigenvalue weighted by molar-refractivity contribution is 7.99. The Morgan fingerprint density at radius 2 is 2.10 bits per heavy atom. The van der Waals surface area contributed by atoms with Gasteiger partial charge in [0.25, 0.3) is 5.22 Å². The largest absolute Gasteiger partial charge is 0.431 e. The second-order valence-electron chi connectivity index (χ2n) is 4.74. The Hall–Kier alpha value is -1.85. The third-order valence-corrected chi connectivity index (χ3v) is 3.62. The van der Waals surface area contributed by atoms with Gasteiger partial charge in [-0.1, -0.05) is 18.2 Å². The molecule has 4 nitrogen and oxygen atoms in total. The van der Waals surface area contributed by atoms with Crippen molar-refractivity contribution >= 4 is 22.9 Å². The Morgan fingerprint density at radius 3 is 2.80 bits per heavy atom. The van der Waals surface area contributed by atoms with Crippen molar-refractivity contribution in [2.24, 2.45) is 5.73 Å². The number of hydrogen-bond donors (Lipinski definition) is 1. The molecule has 1 unspecified atom stereocenters. The highest BCUT2D eigenvalue weighted by Gasteiger charge is 2.08. The van der Waals surface area contributed by atoms with Crippen molar-refractivity contribution in [3.8, 4) is 0 Å². The molecule has 3 aromatic rings. The van der Waals surface area contributed by atoms with Crippen LogP contribution in [0.15, 0.2) is 57.3 Å². The SMILES string of the molecule is CC(N)Cc1ccc(Sc2nc3ccccc3o2)nc1. The molecule has 1 atom stereocenters. The number of benzene rings is 1. The van der Waals surface area contributed by atoms with E-state index in [1.807, 2.05) is 49.5 Å². The van der Waals surface area contributed by atoms with Gasteiger partial charge in [-0.3, -0.25) is 0 Å². The number of nitrogens with two attached hydrogens (primary N) is 1. The second kappa shape index (κ2) is 5.64. The van der Waals surface area contributed by atoms with E-state index in [1.54, 1.807) is 0 Å². The zero-order valence-electron chi connectivity index (χ0n) is 11.1. The molecule has 0 spiro atoms. The minimum atomic E-state index is 0.146. The van der Waals surface area contributed by atoms with Crippen LogP contribution in [-0.4, -0.2) is 16.0 Å². The van der Waals surface area contributed by atoms with E-state index in [-0.39, 0.29) is 6.04 Å². The van der Waals surface area contributed by atoms with Gasteiger partial charge >= 0.3 is 0 Å². The first kappa shape index (κ1) is 13.1. The van der Waals surface area contributed by atoms with Crippen molar-refractivity contribution in [1.82, 2.24) is 9.97 Å². The van der Waals surface area contributed by atoms with E-state index in [0.717, 1.165) is 28.1 Å². The van der Waals surface area contributed by atoms with Gasteiger partial charge < -0.3 is 10.2 Å². The summed E-state index contributed by atoms with van der Waals surface area (Å²) in [4.78, 5) is 8.82. The zero-order chi connectivity index (χ0) is 13.9. The molecule has 2 aromatic heterocycles. The van der Waals surface area contributed by atoms with Crippen LogP contribution < -0.4 is 5.73 Å². The number of oxazole rings is 1. The van der Waals surface area contributed by atoms with E-state index >= 15 is 0 Å². The second-order valence-corrected chi connectivity index (χ2v) is 5.71. The van der Waals surface area contributed by atoms with Crippen molar-refractivity contribution in [2.45, 2.75) is 29.6 Å². The summed E-state index contributed by atoms with van der Waals surface area (Å²) in [5.74, 6) is 0. The average Bonchev–Trinajstić information content (AvgIpc) is 2.82. The van der Waals surface area contributed by atoms with Crippen molar-refractivity contribution in [1.29, 1.82) is 0 Å². The molecule has 0 radical (unpaired) electrons. The van der Waals surface area contributed by atoms with Gasteiger partial charge in [0.15, 0.2) is 5.58 Å². The number of fused-ring (bicyclic) bond motifs is 1. The van der Waals surface area contributed by atoms with Crippen molar-refractivity contribution < 1.29 is 4.42 Å². The lowest BCUT2D eigenvalue weighted by Gasteiger charge is -2.04. The fraction of sp³-hybridized carbons (Fsp3) is 0.200. The first-order valence-electron chi connectivity index (χ1n) is 6.44. The normalized spacial score (nSPS) is 12.7. The Labute approximate surface area is 121 Å². The van der Waals surface area contributed by atoms with Crippen LogP contribution in [0, 0.1) is 0 Å². The molecule has 0 saturated carbocycles. The Balaban J connectivity index is 1.76. The van der Waals surface area contributed by atoms with Gasteiger partial charge in [-0.25, -0.2) is 9.97 Å². The minimum absolute atomic E-state index is 0.146. The van der Waals surface area contributed by atoms with E-state index in [9.17, 15) is 0 Å². The molecule has 20 heavy (non-hydrogen) atoms. The third-order valence-electron chi connectivity index (χ3n) is 2.82. The Kier molecular flexibility index (Phi) is 3.71. The number of para-hydroxylation sites is 2. The number of nitrogens with zero attached hydrogens (tertiary/aromatic N) is 2. The predicted octanol–water partition coefficient (Wildman–Crippen LogP) is 3.26. The van der Waals surface area contributed by atoms with Crippen LogP contribution in [0.5, 0.6) is 0 Å². The molecule has 0 fully saturated rings. The fourth-order valence-electron chi connectivity index (χ4n) is 1.95. The summed E-state index contributed by atoms with van der Waals surface area (Å²) in [6.45, 7) is 1.99. The quantitative estimate of drug-likeness (QED) is 0.797. The molecule has 0 aliphatic rings. The summed E-state index contributed by atoms with van der Waals surface area (Å²) in [6, 6.07) is 11.9. The van der Waals surface area contributed by atoms with Gasteiger partial charge in [-0.2, -0.15) is 0 Å². The van der Waals surface area contributed by atoms with Crippen molar-refractivity contribution in [3.05, 3.63) is 48.2 Å². The summed E-state index contributed by atoms with van der Waals surface area (Å²) in [5, 5.41) is 1.48. The number of aromatic nitrogens is 2. The van der Waals surface area contributed by atoms with Crippen LogP contribution in [0.1, 0.15) is 12.5 Å². The molecule has 0 saturated heterocycles. The van der Waals surface area contributed by atoms with Crippen LogP contribution in [0.2, 0.25) is 0 Å². The van der Waals surface area contributed by atoms with Gasteiger partial charge in [0.05, 0.1) is 0 Å². The van der Waals surface area contributed by atoms with Crippen LogP contribution >= 0.6 is 11.8 Å². The van der Waals surface area contributed by atoms with Crippen LogP contribution in [0.3, 0.4) is 0 Å². The van der Waals surface area contributed by atoms with E-state index in [4.69, 9.17) is 10.2 Å². The smallest absolute Gasteiger partial charge is 0.263 e. The van der Waals surface area contributed by atoms with E-state index in [1.165, 1.54) is 11.8 Å². The predicted molar refractivity (Wildman–Crippen MR) is 79.7 cm³/mol. The maximum Gasteiger partial charge on any atom is 0.263 e. The van der Waals surface area contributed by atoms with E-state index in [2.05, 4.69) is 9.97 Å². The number of pyridine rings is 1. The summed E-state index contributed by atoms with van der Waals surface area (Å²) in [6.07, 6.45) is 2.69. The summed E-state index contributed by atoms with van der Waals surface area (Å²) < 4.78 is 5.66. The van der Waals surface area contributed by atoms with Gasteiger partial charge in [0.2, 0.25) is 0 Å². The van der Waals surface area contributed by atoms with Crippen LogP contribution in [0.4, 0.5) is 0 Å². The van der Waals surface area contributed by atoms with Gasteiger partial charge in [-0.05, 0) is 48.9 Å². The van der Waals surface area contributed by atoms with Crippen LogP contribution in [-0.2, 0) is 6.42 Å².